The fourth-order valence-electron chi connectivity index (χ4n) is 7.72. The quantitative estimate of drug-likeness (QED) is 0.0992. The molecule has 0 aliphatic heterocycles. The van der Waals surface area contributed by atoms with E-state index in [1.165, 1.54) is 21.8 Å². The third-order valence-corrected chi connectivity index (χ3v) is 10.9. The van der Waals surface area contributed by atoms with Gasteiger partial charge in [0.1, 0.15) is 11.2 Å². The lowest BCUT2D eigenvalue weighted by Gasteiger charge is -2.13. The van der Waals surface area contributed by atoms with Gasteiger partial charge >= 0.3 is 0 Å². The maximum Gasteiger partial charge on any atom is 0.161 e. The topological polar surface area (TPSA) is 66.6 Å². The van der Waals surface area contributed by atoms with Gasteiger partial charge in [0.25, 0.3) is 0 Å². The predicted octanol–water partition coefficient (Wildman–Crippen LogP) is 13.2. The van der Waals surface area contributed by atoms with Gasteiger partial charge in [0, 0.05) is 43.9 Å². The van der Waals surface area contributed by atoms with Gasteiger partial charge < -0.3 is 8.98 Å². The normalized spacial score (nSPS) is 12.1. The molecule has 270 valence electrons. The van der Waals surface area contributed by atoms with Gasteiger partial charge in [-0.2, -0.15) is 0 Å². The van der Waals surface area contributed by atoms with Crippen LogP contribution in [0.25, 0.3) is 71.7 Å². The monoisotopic (exact) mass is 750 g/mol. The number of rotatable bonds is 6. The van der Waals surface area contributed by atoms with Crippen LogP contribution in [0.4, 0.5) is 0 Å². The first kappa shape index (κ1) is 34.2. The average Bonchev–Trinajstić information content (AvgIpc) is 3.81. The molecule has 0 amide bonds. The van der Waals surface area contributed by atoms with Crippen molar-refractivity contribution in [2.45, 2.75) is 4.90 Å². The van der Waals surface area contributed by atoms with Gasteiger partial charge in [-0.15, -0.1) is 12.6 Å². The zero-order valence-electron chi connectivity index (χ0n) is 30.7. The van der Waals surface area contributed by atoms with Crippen LogP contribution < -0.4 is 0 Å². The second kappa shape index (κ2) is 14.4. The van der Waals surface area contributed by atoms with Crippen LogP contribution in [-0.4, -0.2) is 22.5 Å². The number of furan rings is 1. The summed E-state index contributed by atoms with van der Waals surface area (Å²) in [6.45, 7) is 0. The maximum absolute atomic E-state index is 9.16. The van der Waals surface area contributed by atoms with E-state index in [1.54, 1.807) is 6.21 Å². The summed E-state index contributed by atoms with van der Waals surface area (Å²) in [6, 6.07) is 64.0. The van der Waals surface area contributed by atoms with Gasteiger partial charge in [0.15, 0.2) is 11.7 Å². The van der Waals surface area contributed by atoms with E-state index in [1.807, 2.05) is 84.9 Å². The summed E-state index contributed by atoms with van der Waals surface area (Å²) in [5.74, 6) is 0.519. The first-order chi connectivity index (χ1) is 28.1. The minimum atomic E-state index is 0.0705. The summed E-state index contributed by atoms with van der Waals surface area (Å²) >= 11 is 4.94. The Balaban J connectivity index is 1.02. The number of thiol groups is 1. The molecule has 0 atom stereocenters. The fourth-order valence-corrected chi connectivity index (χ4v) is 7.99. The molecule has 57 heavy (non-hydrogen) atoms. The molecule has 0 bridgehead atoms. The lowest BCUT2D eigenvalue weighted by atomic mass is 9.97. The predicted molar refractivity (Wildman–Crippen MR) is 240 cm³/mol. The van der Waals surface area contributed by atoms with E-state index >= 15 is 0 Å². The molecule has 6 heteroatoms. The molecular weight excluding hydrogens is 717 g/mol. The van der Waals surface area contributed by atoms with Crippen LogP contribution in [-0.2, 0) is 0 Å². The number of hydrogen-bond acceptors (Lipinski definition) is 3. The summed E-state index contributed by atoms with van der Waals surface area (Å²) in [7, 11) is 0. The van der Waals surface area contributed by atoms with Crippen molar-refractivity contribution in [2.75, 3.05) is 0 Å². The Bertz CT molecular complexity index is 3160. The van der Waals surface area contributed by atoms with E-state index < -0.39 is 0 Å². The third-order valence-electron chi connectivity index (χ3n) is 10.5. The Morgan fingerprint density at radius 3 is 1.98 bits per heavy atom. The highest BCUT2D eigenvalue weighted by molar-refractivity contribution is 7.80. The van der Waals surface area contributed by atoms with Crippen molar-refractivity contribution in [1.82, 2.24) is 4.57 Å². The van der Waals surface area contributed by atoms with Gasteiger partial charge in [0.05, 0.1) is 16.6 Å². The SMILES string of the molecule is N=C(N=C(N=Cc1ccccc1)c1ccccc1)c1cccc2c1oc1ccc(-c3ccc(S)c(-c4cccc(-n5c6ccccc6c6ccccc65)c4)c3)cc12. The molecule has 0 aliphatic carbocycles. The summed E-state index contributed by atoms with van der Waals surface area (Å²) in [5, 5.41) is 13.5. The average molecular weight is 751 g/mol. The van der Waals surface area contributed by atoms with Gasteiger partial charge in [-0.25, -0.2) is 9.98 Å². The number of para-hydroxylation sites is 3. The molecule has 0 aliphatic rings. The van der Waals surface area contributed by atoms with Crippen molar-refractivity contribution >= 4 is 74.3 Å². The van der Waals surface area contributed by atoms with Gasteiger partial charge in [-0.1, -0.05) is 133 Å². The van der Waals surface area contributed by atoms with E-state index in [0.29, 0.717) is 17.0 Å². The Morgan fingerprint density at radius 2 is 1.21 bits per heavy atom. The highest BCUT2D eigenvalue weighted by Crippen LogP contribution is 2.38. The number of fused-ring (bicyclic) bond motifs is 6. The fraction of sp³-hybridized carbons (Fsp3) is 0. The molecule has 10 aromatic rings. The van der Waals surface area contributed by atoms with Crippen molar-refractivity contribution in [3.05, 3.63) is 205 Å². The van der Waals surface area contributed by atoms with Crippen LogP contribution in [0.3, 0.4) is 0 Å². The van der Waals surface area contributed by atoms with Crippen molar-refractivity contribution in [2.24, 2.45) is 9.98 Å². The van der Waals surface area contributed by atoms with Gasteiger partial charge in [-0.05, 0) is 82.4 Å². The molecule has 8 aromatic carbocycles. The largest absolute Gasteiger partial charge is 0.455 e. The first-order valence-corrected chi connectivity index (χ1v) is 19.2. The summed E-state index contributed by atoms with van der Waals surface area (Å²) in [5.41, 5.74) is 11.4. The van der Waals surface area contributed by atoms with E-state index in [2.05, 4.69) is 108 Å². The van der Waals surface area contributed by atoms with Crippen molar-refractivity contribution in [3.63, 3.8) is 0 Å². The van der Waals surface area contributed by atoms with Crippen molar-refractivity contribution in [3.8, 4) is 27.9 Å². The Morgan fingerprint density at radius 1 is 0.561 bits per heavy atom. The van der Waals surface area contributed by atoms with Crippen LogP contribution in [0.1, 0.15) is 16.7 Å². The molecule has 2 aromatic heterocycles. The highest BCUT2D eigenvalue weighted by atomic mass is 32.1. The molecule has 0 saturated heterocycles. The molecule has 0 fully saturated rings. The molecule has 10 rings (SSSR count). The van der Waals surface area contributed by atoms with Gasteiger partial charge in [-0.3, -0.25) is 5.41 Å². The van der Waals surface area contributed by atoms with Crippen LogP contribution >= 0.6 is 12.6 Å². The molecule has 5 nitrogen and oxygen atoms in total. The van der Waals surface area contributed by atoms with E-state index in [4.69, 9.17) is 32.4 Å². The van der Waals surface area contributed by atoms with Crippen LogP contribution in [0.5, 0.6) is 0 Å². The number of amidine groups is 2. The molecule has 2 heterocycles. The number of aliphatic imine (C=N–C) groups is 2. The number of benzene rings is 8. The standard InChI is InChI=1S/C51H34N4OS/c52-50(54-51(34-15-5-2-6-16-34)53-32-33-13-3-1-4-14-33)42-22-12-21-41-44-31-35(25-27-47(44)56-49(41)42)36-26-28-48(57)43(30-36)37-17-11-18-38(29-37)55-45-23-9-7-19-39(45)40-20-8-10-24-46(40)55/h1-32,52,57H. The highest BCUT2D eigenvalue weighted by Gasteiger charge is 2.17. The minimum absolute atomic E-state index is 0.0705. The molecule has 1 N–H and O–H groups in total. The minimum Gasteiger partial charge on any atom is -0.455 e. The lowest BCUT2D eigenvalue weighted by molar-refractivity contribution is 0.668. The Labute approximate surface area is 334 Å². The maximum atomic E-state index is 9.16. The lowest BCUT2D eigenvalue weighted by Crippen LogP contribution is -2.04. The van der Waals surface area contributed by atoms with E-state index in [-0.39, 0.29) is 5.84 Å². The summed E-state index contributed by atoms with van der Waals surface area (Å²) < 4.78 is 8.81. The van der Waals surface area contributed by atoms with Crippen LogP contribution in [0, 0.1) is 5.41 Å². The molecule has 0 spiro atoms. The number of nitrogens with zero attached hydrogens (tertiary/aromatic N) is 3. The summed E-state index contributed by atoms with van der Waals surface area (Å²) in [4.78, 5) is 10.4. The second-order valence-corrected chi connectivity index (χ2v) is 14.4. The zero-order valence-corrected chi connectivity index (χ0v) is 31.6. The van der Waals surface area contributed by atoms with Crippen molar-refractivity contribution < 1.29 is 4.42 Å². The number of hydrogen-bond donors (Lipinski definition) is 2. The van der Waals surface area contributed by atoms with Crippen molar-refractivity contribution in [1.29, 1.82) is 5.41 Å². The smallest absolute Gasteiger partial charge is 0.161 e. The zero-order chi connectivity index (χ0) is 38.3. The first-order valence-electron chi connectivity index (χ1n) is 18.8. The Hall–Kier alpha value is -7.28. The molecular formula is C51H34N4OS. The van der Waals surface area contributed by atoms with Crippen LogP contribution in [0.2, 0.25) is 0 Å². The van der Waals surface area contributed by atoms with Gasteiger partial charge in [0.2, 0.25) is 0 Å². The Kier molecular flexibility index (Phi) is 8.66. The molecule has 0 saturated carbocycles. The van der Waals surface area contributed by atoms with E-state index in [9.17, 15) is 0 Å². The summed E-state index contributed by atoms with van der Waals surface area (Å²) in [6.07, 6.45) is 1.77. The molecule has 0 radical (unpaired) electrons. The number of nitrogens with one attached hydrogen (secondary N) is 1. The second-order valence-electron chi connectivity index (χ2n) is 14.0. The van der Waals surface area contributed by atoms with Crippen LogP contribution in [0.15, 0.2) is 207 Å². The van der Waals surface area contributed by atoms with E-state index in [0.717, 1.165) is 60.3 Å². The molecule has 0 unspecified atom stereocenters. The third kappa shape index (κ3) is 6.32. The number of aromatic nitrogens is 1.